The summed E-state index contributed by atoms with van der Waals surface area (Å²) in [5.41, 5.74) is 0.991. The lowest BCUT2D eigenvalue weighted by Gasteiger charge is -2.09. The molecule has 0 saturated heterocycles. The maximum Gasteiger partial charge on any atom is 0.215 e. The van der Waals surface area contributed by atoms with Gasteiger partial charge in [-0.25, -0.2) is 9.97 Å². The van der Waals surface area contributed by atoms with E-state index in [1.165, 1.54) is 0 Å². The van der Waals surface area contributed by atoms with Crippen molar-refractivity contribution in [2.24, 2.45) is 7.05 Å². The van der Waals surface area contributed by atoms with Crippen molar-refractivity contribution in [3.05, 3.63) is 47.5 Å². The molecule has 2 aromatic heterocycles. The van der Waals surface area contributed by atoms with Crippen molar-refractivity contribution >= 4 is 15.9 Å². The molecule has 0 fully saturated rings. The molecule has 0 N–H and O–H groups in total. The van der Waals surface area contributed by atoms with Crippen LogP contribution >= 0.6 is 15.9 Å². The van der Waals surface area contributed by atoms with E-state index in [1.807, 2.05) is 46.8 Å². The predicted octanol–water partition coefficient (Wildman–Crippen LogP) is 3.04. The van der Waals surface area contributed by atoms with Crippen LogP contribution in [0.25, 0.3) is 17.3 Å². The second-order valence-corrected chi connectivity index (χ2v) is 5.16. The minimum Gasteiger partial charge on any atom is -0.496 e. The van der Waals surface area contributed by atoms with Crippen LogP contribution in [0.3, 0.4) is 0 Å². The molecule has 0 atom stereocenters. The molecule has 0 aliphatic carbocycles. The van der Waals surface area contributed by atoms with E-state index in [0.717, 1.165) is 27.6 Å². The second-order valence-electron chi connectivity index (χ2n) is 4.31. The highest BCUT2D eigenvalue weighted by atomic mass is 79.9. The number of halogens is 1. The molecule has 0 spiro atoms. The summed E-state index contributed by atoms with van der Waals surface area (Å²) in [7, 11) is 3.60. The fourth-order valence-corrected chi connectivity index (χ4v) is 2.61. The average Bonchev–Trinajstić information content (AvgIpc) is 3.06. The Bertz CT molecular complexity index is 747. The highest BCUT2D eigenvalue weighted by Crippen LogP contribution is 2.30. The van der Waals surface area contributed by atoms with Crippen molar-refractivity contribution < 1.29 is 4.74 Å². The minimum atomic E-state index is 0.795. The van der Waals surface area contributed by atoms with Crippen molar-refractivity contribution in [3.63, 3.8) is 0 Å². The summed E-state index contributed by atoms with van der Waals surface area (Å²) in [5, 5.41) is 0. The van der Waals surface area contributed by atoms with E-state index in [-0.39, 0.29) is 0 Å². The standard InChI is InChI=1S/C14H13BrN4O/c1-18-7-5-17-14(18)19-8-6-16-13(19)10-3-4-12(20-2)11(15)9-10/h3-9H,1-2H3. The van der Waals surface area contributed by atoms with Crippen molar-refractivity contribution in [1.82, 2.24) is 19.1 Å². The number of methoxy groups -OCH3 is 1. The van der Waals surface area contributed by atoms with E-state index in [0.29, 0.717) is 0 Å². The summed E-state index contributed by atoms with van der Waals surface area (Å²) in [6, 6.07) is 5.88. The van der Waals surface area contributed by atoms with Gasteiger partial charge in [-0.3, -0.25) is 4.57 Å². The second kappa shape index (κ2) is 5.13. The molecule has 0 amide bonds. The number of aryl methyl sites for hydroxylation is 1. The van der Waals surface area contributed by atoms with Gasteiger partial charge in [-0.1, -0.05) is 0 Å². The van der Waals surface area contributed by atoms with E-state index in [4.69, 9.17) is 4.74 Å². The normalized spacial score (nSPS) is 10.8. The molecule has 3 rings (SSSR count). The van der Waals surface area contributed by atoms with Gasteiger partial charge in [0.1, 0.15) is 11.6 Å². The molecular formula is C14H13BrN4O. The third kappa shape index (κ3) is 2.12. The molecule has 0 saturated carbocycles. The van der Waals surface area contributed by atoms with Gasteiger partial charge in [0.15, 0.2) is 0 Å². The number of nitrogens with zero attached hydrogens (tertiary/aromatic N) is 4. The maximum absolute atomic E-state index is 5.25. The van der Waals surface area contributed by atoms with E-state index in [2.05, 4.69) is 25.9 Å². The third-order valence-corrected chi connectivity index (χ3v) is 3.68. The Kier molecular flexibility index (Phi) is 3.31. The van der Waals surface area contributed by atoms with Crippen molar-refractivity contribution in [1.29, 1.82) is 0 Å². The summed E-state index contributed by atoms with van der Waals surface area (Å²) >= 11 is 3.50. The van der Waals surface area contributed by atoms with Crippen LogP contribution in [0.2, 0.25) is 0 Å². The lowest BCUT2D eigenvalue weighted by Crippen LogP contribution is -2.03. The molecule has 0 unspecified atom stereocenters. The summed E-state index contributed by atoms with van der Waals surface area (Å²) in [6.45, 7) is 0. The first kappa shape index (κ1) is 12.9. The minimum absolute atomic E-state index is 0.795. The zero-order valence-electron chi connectivity index (χ0n) is 11.1. The van der Waals surface area contributed by atoms with Crippen molar-refractivity contribution in [2.45, 2.75) is 0 Å². The van der Waals surface area contributed by atoms with Gasteiger partial charge in [-0.2, -0.15) is 0 Å². The molecule has 0 radical (unpaired) electrons. The van der Waals surface area contributed by atoms with Crippen LogP contribution in [0.15, 0.2) is 47.5 Å². The quantitative estimate of drug-likeness (QED) is 0.740. The molecule has 0 bridgehead atoms. The smallest absolute Gasteiger partial charge is 0.215 e. The van der Waals surface area contributed by atoms with Gasteiger partial charge in [-0.15, -0.1) is 0 Å². The number of hydrogen-bond acceptors (Lipinski definition) is 3. The number of hydrogen-bond donors (Lipinski definition) is 0. The SMILES string of the molecule is COc1ccc(-c2nccn2-c2nccn2C)cc1Br. The van der Waals surface area contributed by atoms with E-state index >= 15 is 0 Å². The van der Waals surface area contributed by atoms with Gasteiger partial charge < -0.3 is 9.30 Å². The van der Waals surface area contributed by atoms with Crippen LogP contribution in [0.4, 0.5) is 0 Å². The first-order valence-electron chi connectivity index (χ1n) is 6.05. The van der Waals surface area contributed by atoms with Crippen LogP contribution in [-0.2, 0) is 7.05 Å². The Morgan fingerprint density at radius 3 is 2.60 bits per heavy atom. The molecule has 5 nitrogen and oxygen atoms in total. The van der Waals surface area contributed by atoms with Crippen LogP contribution in [0.5, 0.6) is 5.75 Å². The molecule has 6 heteroatoms. The number of imidazole rings is 2. The lowest BCUT2D eigenvalue weighted by molar-refractivity contribution is 0.412. The monoisotopic (exact) mass is 332 g/mol. The highest BCUT2D eigenvalue weighted by molar-refractivity contribution is 9.10. The molecule has 0 aliphatic rings. The van der Waals surface area contributed by atoms with E-state index in [9.17, 15) is 0 Å². The number of benzene rings is 1. The van der Waals surface area contributed by atoms with Gasteiger partial charge in [0.05, 0.1) is 11.6 Å². The fourth-order valence-electron chi connectivity index (χ4n) is 2.07. The first-order valence-corrected chi connectivity index (χ1v) is 6.85. The lowest BCUT2D eigenvalue weighted by atomic mass is 10.2. The third-order valence-electron chi connectivity index (χ3n) is 3.06. The summed E-state index contributed by atoms with van der Waals surface area (Å²) in [6.07, 6.45) is 7.34. The van der Waals surface area contributed by atoms with Gasteiger partial charge in [0.2, 0.25) is 5.95 Å². The molecule has 2 heterocycles. The van der Waals surface area contributed by atoms with Gasteiger partial charge >= 0.3 is 0 Å². The molecule has 102 valence electrons. The maximum atomic E-state index is 5.25. The zero-order chi connectivity index (χ0) is 14.1. The Morgan fingerprint density at radius 2 is 1.95 bits per heavy atom. The summed E-state index contributed by atoms with van der Waals surface area (Å²) in [5.74, 6) is 2.45. The molecule has 3 aromatic rings. The summed E-state index contributed by atoms with van der Waals surface area (Å²) < 4.78 is 10.0. The topological polar surface area (TPSA) is 44.9 Å². The van der Waals surface area contributed by atoms with Gasteiger partial charge in [0, 0.05) is 37.4 Å². The number of ether oxygens (including phenoxy) is 1. The molecule has 20 heavy (non-hydrogen) atoms. The number of rotatable bonds is 3. The Morgan fingerprint density at radius 1 is 1.15 bits per heavy atom. The zero-order valence-corrected chi connectivity index (χ0v) is 12.7. The van der Waals surface area contributed by atoms with E-state index < -0.39 is 0 Å². The Balaban J connectivity index is 2.10. The van der Waals surface area contributed by atoms with Gasteiger partial charge in [0.25, 0.3) is 0 Å². The van der Waals surface area contributed by atoms with Gasteiger partial charge in [-0.05, 0) is 34.1 Å². The van der Waals surface area contributed by atoms with Crippen LogP contribution in [0, 0.1) is 0 Å². The van der Waals surface area contributed by atoms with Crippen LogP contribution in [-0.4, -0.2) is 26.2 Å². The largest absolute Gasteiger partial charge is 0.496 e. The van der Waals surface area contributed by atoms with Crippen molar-refractivity contribution in [2.75, 3.05) is 7.11 Å². The van der Waals surface area contributed by atoms with Crippen LogP contribution < -0.4 is 4.74 Å². The van der Waals surface area contributed by atoms with Crippen LogP contribution in [0.1, 0.15) is 0 Å². The Hall–Kier alpha value is -2.08. The first-order chi connectivity index (χ1) is 9.70. The number of aromatic nitrogens is 4. The highest BCUT2D eigenvalue weighted by Gasteiger charge is 2.12. The molecule has 1 aromatic carbocycles. The van der Waals surface area contributed by atoms with Crippen molar-refractivity contribution in [3.8, 4) is 23.1 Å². The molecule has 0 aliphatic heterocycles. The molecular weight excluding hydrogens is 320 g/mol. The van der Waals surface area contributed by atoms with E-state index in [1.54, 1.807) is 19.5 Å². The Labute approximate surface area is 125 Å². The fraction of sp³-hybridized carbons (Fsp3) is 0.143. The average molecular weight is 333 g/mol. The summed E-state index contributed by atoms with van der Waals surface area (Å²) in [4.78, 5) is 8.78. The predicted molar refractivity (Wildman–Crippen MR) is 80.0 cm³/mol.